The van der Waals surface area contributed by atoms with Crippen LogP contribution in [-0.4, -0.2) is 31.4 Å². The van der Waals surface area contributed by atoms with E-state index in [9.17, 15) is 4.79 Å². The summed E-state index contributed by atoms with van der Waals surface area (Å²) in [5, 5.41) is 18.9. The molecule has 0 aliphatic heterocycles. The lowest BCUT2D eigenvalue weighted by Gasteiger charge is -2.09. The third-order valence-corrected chi connectivity index (χ3v) is 4.48. The number of nitrogens with zero attached hydrogens (tertiary/aromatic N) is 3. The fourth-order valence-electron chi connectivity index (χ4n) is 2.39. The number of carbonyl (C=O) groups is 1. The molecule has 0 atom stereocenters. The lowest BCUT2D eigenvalue weighted by Crippen LogP contribution is -2.00. The number of fused-ring (bicyclic) bond motifs is 3. The standard InChI is InChI=1S/C15H15N3O2S/c1-8-4-11-5-10(3)14-16-17-15(21-7-13(19)20)18(14)12(11)6-9(8)2/h4-6H,7H2,1-3H3,(H,19,20). The Morgan fingerprint density at radius 1 is 1.14 bits per heavy atom. The van der Waals surface area contributed by atoms with Gasteiger partial charge in [0.25, 0.3) is 0 Å². The number of thioether (sulfide) groups is 1. The molecule has 0 bridgehead atoms. The summed E-state index contributed by atoms with van der Waals surface area (Å²) in [4.78, 5) is 10.8. The highest BCUT2D eigenvalue weighted by molar-refractivity contribution is 7.99. The van der Waals surface area contributed by atoms with Crippen molar-refractivity contribution in [2.75, 3.05) is 5.75 Å². The van der Waals surface area contributed by atoms with Crippen molar-refractivity contribution in [3.05, 3.63) is 34.9 Å². The number of aliphatic carboxylic acids is 1. The zero-order chi connectivity index (χ0) is 15.1. The smallest absolute Gasteiger partial charge is 0.313 e. The second-order valence-corrected chi connectivity index (χ2v) is 6.09. The van der Waals surface area contributed by atoms with Gasteiger partial charge in [0.2, 0.25) is 0 Å². The topological polar surface area (TPSA) is 67.5 Å². The molecule has 2 aromatic heterocycles. The highest BCUT2D eigenvalue weighted by atomic mass is 32.2. The molecule has 21 heavy (non-hydrogen) atoms. The molecule has 1 N–H and O–H groups in total. The monoisotopic (exact) mass is 301 g/mol. The molecule has 6 heteroatoms. The molecule has 0 fully saturated rings. The zero-order valence-corrected chi connectivity index (χ0v) is 12.9. The summed E-state index contributed by atoms with van der Waals surface area (Å²) < 4.78 is 1.95. The second-order valence-electron chi connectivity index (χ2n) is 5.15. The van der Waals surface area contributed by atoms with Crippen LogP contribution in [0.1, 0.15) is 16.7 Å². The maximum atomic E-state index is 10.8. The average Bonchev–Trinajstić information content (AvgIpc) is 2.84. The highest BCUT2D eigenvalue weighted by Crippen LogP contribution is 2.27. The molecule has 3 aromatic rings. The van der Waals surface area contributed by atoms with Gasteiger partial charge >= 0.3 is 5.97 Å². The first-order valence-electron chi connectivity index (χ1n) is 6.57. The van der Waals surface area contributed by atoms with Crippen molar-refractivity contribution in [1.29, 1.82) is 0 Å². The van der Waals surface area contributed by atoms with Gasteiger partial charge in [-0.1, -0.05) is 11.8 Å². The van der Waals surface area contributed by atoms with E-state index in [0.29, 0.717) is 5.16 Å². The quantitative estimate of drug-likeness (QED) is 0.753. The van der Waals surface area contributed by atoms with Crippen LogP contribution in [0.25, 0.3) is 16.6 Å². The molecule has 0 saturated carbocycles. The predicted molar refractivity (Wildman–Crippen MR) is 83.1 cm³/mol. The molecule has 0 amide bonds. The first-order valence-corrected chi connectivity index (χ1v) is 7.56. The Hall–Kier alpha value is -2.08. The average molecular weight is 301 g/mol. The van der Waals surface area contributed by atoms with Crippen LogP contribution in [0.2, 0.25) is 0 Å². The molecule has 5 nitrogen and oxygen atoms in total. The van der Waals surface area contributed by atoms with Gasteiger partial charge in [-0.15, -0.1) is 10.2 Å². The molecule has 2 heterocycles. The number of aromatic nitrogens is 3. The fourth-order valence-corrected chi connectivity index (χ4v) is 3.06. The molecule has 0 aliphatic rings. The van der Waals surface area contributed by atoms with Crippen molar-refractivity contribution >= 4 is 34.3 Å². The van der Waals surface area contributed by atoms with Gasteiger partial charge in [0.1, 0.15) is 0 Å². The van der Waals surface area contributed by atoms with Crippen LogP contribution in [-0.2, 0) is 4.79 Å². The van der Waals surface area contributed by atoms with E-state index < -0.39 is 5.97 Å². The van der Waals surface area contributed by atoms with Crippen LogP contribution in [0.3, 0.4) is 0 Å². The molecule has 3 rings (SSSR count). The van der Waals surface area contributed by atoms with Crippen molar-refractivity contribution in [2.45, 2.75) is 25.9 Å². The summed E-state index contributed by atoms with van der Waals surface area (Å²) in [5.74, 6) is -0.887. The van der Waals surface area contributed by atoms with Gasteiger partial charge in [-0.2, -0.15) is 0 Å². The predicted octanol–water partition coefficient (Wildman–Crippen LogP) is 2.98. The van der Waals surface area contributed by atoms with Gasteiger partial charge in [0.15, 0.2) is 10.8 Å². The number of aryl methyl sites for hydroxylation is 3. The molecule has 0 radical (unpaired) electrons. The third-order valence-electron chi connectivity index (χ3n) is 3.57. The Balaban J connectivity index is 2.31. The minimum absolute atomic E-state index is 0.0267. The molecule has 0 saturated heterocycles. The number of hydrogen-bond acceptors (Lipinski definition) is 4. The lowest BCUT2D eigenvalue weighted by molar-refractivity contribution is -0.133. The minimum atomic E-state index is -0.860. The van der Waals surface area contributed by atoms with E-state index in [1.54, 1.807) is 0 Å². The van der Waals surface area contributed by atoms with Crippen molar-refractivity contribution in [1.82, 2.24) is 14.6 Å². The largest absolute Gasteiger partial charge is 0.481 e. The van der Waals surface area contributed by atoms with Crippen molar-refractivity contribution in [3.8, 4) is 0 Å². The van der Waals surface area contributed by atoms with Crippen LogP contribution in [0, 0.1) is 20.8 Å². The summed E-state index contributed by atoms with van der Waals surface area (Å²) in [6.07, 6.45) is 0. The van der Waals surface area contributed by atoms with Gasteiger partial charge in [-0.25, -0.2) is 0 Å². The van der Waals surface area contributed by atoms with E-state index in [1.807, 2.05) is 11.3 Å². The van der Waals surface area contributed by atoms with Crippen LogP contribution in [0.5, 0.6) is 0 Å². The Morgan fingerprint density at radius 3 is 2.52 bits per heavy atom. The minimum Gasteiger partial charge on any atom is -0.481 e. The van der Waals surface area contributed by atoms with Gasteiger partial charge in [-0.05, 0) is 61.0 Å². The summed E-state index contributed by atoms with van der Waals surface area (Å²) in [6.45, 7) is 6.14. The second kappa shape index (κ2) is 5.04. The Labute approximate surface area is 126 Å². The van der Waals surface area contributed by atoms with Crippen molar-refractivity contribution < 1.29 is 9.90 Å². The molecule has 1 aromatic carbocycles. The van der Waals surface area contributed by atoms with E-state index >= 15 is 0 Å². The number of hydrogen-bond donors (Lipinski definition) is 1. The van der Waals surface area contributed by atoms with E-state index in [-0.39, 0.29) is 5.75 Å². The fraction of sp³-hybridized carbons (Fsp3) is 0.267. The maximum absolute atomic E-state index is 10.8. The van der Waals surface area contributed by atoms with Crippen LogP contribution in [0.15, 0.2) is 23.4 Å². The first-order chi connectivity index (χ1) is 9.97. The molecular weight excluding hydrogens is 286 g/mol. The summed E-state index contributed by atoms with van der Waals surface area (Å²) >= 11 is 1.19. The molecule has 108 valence electrons. The summed E-state index contributed by atoms with van der Waals surface area (Å²) in [5.41, 5.74) is 5.24. The Bertz CT molecular complexity index is 870. The SMILES string of the molecule is Cc1cc2cc(C)c3nnc(SCC(=O)O)n3c2cc1C. The lowest BCUT2D eigenvalue weighted by atomic mass is 10.0. The highest BCUT2D eigenvalue weighted by Gasteiger charge is 2.14. The summed E-state index contributed by atoms with van der Waals surface area (Å²) in [6, 6.07) is 6.34. The summed E-state index contributed by atoms with van der Waals surface area (Å²) in [7, 11) is 0. The normalized spacial score (nSPS) is 11.4. The van der Waals surface area contributed by atoms with Gasteiger partial charge in [-0.3, -0.25) is 9.20 Å². The Morgan fingerprint density at radius 2 is 1.81 bits per heavy atom. The number of benzene rings is 1. The third kappa shape index (κ3) is 2.35. The molecular formula is C15H15N3O2S. The van der Waals surface area contributed by atoms with E-state index in [0.717, 1.165) is 22.1 Å². The number of rotatable bonds is 3. The first kappa shape index (κ1) is 13.9. The van der Waals surface area contributed by atoms with E-state index in [4.69, 9.17) is 5.11 Å². The van der Waals surface area contributed by atoms with Gasteiger partial charge in [0.05, 0.1) is 11.3 Å². The Kier molecular flexibility index (Phi) is 3.33. The van der Waals surface area contributed by atoms with Crippen molar-refractivity contribution in [3.63, 3.8) is 0 Å². The van der Waals surface area contributed by atoms with E-state index in [2.05, 4.69) is 42.2 Å². The van der Waals surface area contributed by atoms with Gasteiger partial charge in [0, 0.05) is 0 Å². The van der Waals surface area contributed by atoms with Crippen LogP contribution < -0.4 is 0 Å². The maximum Gasteiger partial charge on any atom is 0.313 e. The number of carboxylic acids is 1. The van der Waals surface area contributed by atoms with Crippen molar-refractivity contribution in [2.24, 2.45) is 0 Å². The molecule has 0 aliphatic carbocycles. The molecule has 0 spiro atoms. The molecule has 0 unspecified atom stereocenters. The number of pyridine rings is 1. The van der Waals surface area contributed by atoms with E-state index in [1.165, 1.54) is 22.9 Å². The number of carboxylic acid groups (broad SMARTS) is 1. The van der Waals surface area contributed by atoms with Gasteiger partial charge < -0.3 is 5.11 Å². The zero-order valence-electron chi connectivity index (χ0n) is 12.0. The van der Waals surface area contributed by atoms with Crippen LogP contribution in [0.4, 0.5) is 0 Å². The van der Waals surface area contributed by atoms with Crippen LogP contribution >= 0.6 is 11.8 Å².